The van der Waals surface area contributed by atoms with Crippen molar-refractivity contribution in [3.63, 3.8) is 0 Å². The van der Waals surface area contributed by atoms with Crippen LogP contribution in [-0.2, 0) is 0 Å². The molecule has 1 atom stereocenters. The molecule has 0 aliphatic carbocycles. The minimum Gasteiger partial charge on any atom is -0.327 e. The van der Waals surface area contributed by atoms with Crippen molar-refractivity contribution in [1.29, 1.82) is 0 Å². The Morgan fingerprint density at radius 3 is 1.11 bits per heavy atom. The maximum Gasteiger partial charge on any atom is 0.0136 e. The van der Waals surface area contributed by atoms with Gasteiger partial charge in [-0.3, -0.25) is 0 Å². The van der Waals surface area contributed by atoms with E-state index in [2.05, 4.69) is 19.2 Å². The molecule has 0 heterocycles. The first-order valence-corrected chi connectivity index (χ1v) is 12.7. The molecule has 0 aliphatic heterocycles. The van der Waals surface area contributed by atoms with Gasteiger partial charge in [-0.1, -0.05) is 129 Å². The van der Waals surface area contributed by atoms with E-state index in [1.165, 1.54) is 128 Å². The molecule has 2 nitrogen and oxygen atoms in total. The summed E-state index contributed by atoms with van der Waals surface area (Å²) in [4.78, 5) is 0. The smallest absolute Gasteiger partial charge is 0.0136 e. The SMILES string of the molecule is CCCCCCCCCCCCCCCCCCCCCCNCC(C)N. The number of rotatable bonds is 23. The molecule has 3 N–H and O–H groups in total. The number of unbranched alkanes of at least 4 members (excludes halogenated alkanes) is 19. The topological polar surface area (TPSA) is 38.0 Å². The molecule has 2 heteroatoms. The standard InChI is InChI=1S/C25H54N2/c1-3-4-5-6-7-8-9-10-11-12-13-14-15-16-17-18-19-20-21-22-23-27-24-25(2)26/h25,27H,3-24,26H2,1-2H3. The fraction of sp³-hybridized carbons (Fsp3) is 1.00. The zero-order chi connectivity index (χ0) is 19.8. The lowest BCUT2D eigenvalue weighted by atomic mass is 10.0. The van der Waals surface area contributed by atoms with Gasteiger partial charge in [-0.15, -0.1) is 0 Å². The van der Waals surface area contributed by atoms with Crippen molar-refractivity contribution >= 4 is 0 Å². The third-order valence-corrected chi connectivity index (χ3v) is 5.67. The molecule has 0 saturated carbocycles. The van der Waals surface area contributed by atoms with Crippen LogP contribution in [0.4, 0.5) is 0 Å². The Morgan fingerprint density at radius 2 is 0.815 bits per heavy atom. The van der Waals surface area contributed by atoms with Gasteiger partial charge in [0.05, 0.1) is 0 Å². The summed E-state index contributed by atoms with van der Waals surface area (Å²) in [6.07, 6.45) is 29.0. The number of hydrogen-bond acceptors (Lipinski definition) is 2. The van der Waals surface area contributed by atoms with Crippen LogP contribution in [0.3, 0.4) is 0 Å². The molecule has 164 valence electrons. The lowest BCUT2D eigenvalue weighted by Gasteiger charge is -2.07. The van der Waals surface area contributed by atoms with Crippen molar-refractivity contribution in [1.82, 2.24) is 5.32 Å². The van der Waals surface area contributed by atoms with Crippen molar-refractivity contribution in [2.45, 2.75) is 148 Å². The van der Waals surface area contributed by atoms with E-state index in [9.17, 15) is 0 Å². The first-order valence-electron chi connectivity index (χ1n) is 12.7. The number of nitrogens with one attached hydrogen (secondary N) is 1. The van der Waals surface area contributed by atoms with Crippen LogP contribution in [0, 0.1) is 0 Å². The van der Waals surface area contributed by atoms with E-state index in [0.717, 1.165) is 13.1 Å². The number of nitrogens with two attached hydrogens (primary N) is 1. The molecule has 0 aromatic heterocycles. The quantitative estimate of drug-likeness (QED) is 0.177. The highest BCUT2D eigenvalue weighted by molar-refractivity contribution is 4.57. The largest absolute Gasteiger partial charge is 0.327 e. The normalized spacial score (nSPS) is 12.6. The lowest BCUT2D eigenvalue weighted by Crippen LogP contribution is -2.31. The first-order chi connectivity index (χ1) is 13.3. The van der Waals surface area contributed by atoms with E-state index in [4.69, 9.17) is 5.73 Å². The van der Waals surface area contributed by atoms with E-state index >= 15 is 0 Å². The van der Waals surface area contributed by atoms with Crippen molar-refractivity contribution < 1.29 is 0 Å². The third-order valence-electron chi connectivity index (χ3n) is 5.67. The molecule has 0 aliphatic rings. The maximum absolute atomic E-state index is 5.72. The minimum atomic E-state index is 0.287. The fourth-order valence-corrected chi connectivity index (χ4v) is 3.83. The summed E-state index contributed by atoms with van der Waals surface area (Å²) in [5.74, 6) is 0. The maximum atomic E-state index is 5.72. The molecule has 0 rings (SSSR count). The Bertz CT molecular complexity index is 253. The Labute approximate surface area is 172 Å². The average Bonchev–Trinajstić information content (AvgIpc) is 2.65. The van der Waals surface area contributed by atoms with Crippen LogP contribution in [0.5, 0.6) is 0 Å². The molecule has 0 bridgehead atoms. The van der Waals surface area contributed by atoms with Crippen LogP contribution in [-0.4, -0.2) is 19.1 Å². The van der Waals surface area contributed by atoms with Gasteiger partial charge < -0.3 is 11.1 Å². The Morgan fingerprint density at radius 1 is 0.519 bits per heavy atom. The predicted octanol–water partition coefficient (Wildman–Crippen LogP) is 7.75. The second-order valence-electron chi connectivity index (χ2n) is 8.90. The molecule has 1 unspecified atom stereocenters. The highest BCUT2D eigenvalue weighted by atomic mass is 14.9. The first kappa shape index (κ1) is 26.9. The summed E-state index contributed by atoms with van der Waals surface area (Å²) in [6, 6.07) is 0.287. The summed E-state index contributed by atoms with van der Waals surface area (Å²) in [5.41, 5.74) is 5.72. The average molecular weight is 383 g/mol. The van der Waals surface area contributed by atoms with Gasteiger partial charge in [-0.2, -0.15) is 0 Å². The van der Waals surface area contributed by atoms with Gasteiger partial charge in [0.2, 0.25) is 0 Å². The van der Waals surface area contributed by atoms with Crippen LogP contribution in [0.1, 0.15) is 142 Å². The number of hydrogen-bond donors (Lipinski definition) is 2. The van der Waals surface area contributed by atoms with Gasteiger partial charge in [0.1, 0.15) is 0 Å². The van der Waals surface area contributed by atoms with Crippen molar-refractivity contribution in [2.75, 3.05) is 13.1 Å². The van der Waals surface area contributed by atoms with Gasteiger partial charge in [-0.05, 0) is 19.9 Å². The molecule has 0 spiro atoms. The van der Waals surface area contributed by atoms with Crippen LogP contribution in [0.15, 0.2) is 0 Å². The summed E-state index contributed by atoms with van der Waals surface area (Å²) in [5, 5.41) is 3.42. The van der Waals surface area contributed by atoms with E-state index in [1.807, 2.05) is 0 Å². The van der Waals surface area contributed by atoms with Gasteiger partial charge in [0.25, 0.3) is 0 Å². The third kappa shape index (κ3) is 25.9. The molecule has 27 heavy (non-hydrogen) atoms. The molecule has 0 amide bonds. The minimum absolute atomic E-state index is 0.287. The van der Waals surface area contributed by atoms with Crippen LogP contribution in [0.25, 0.3) is 0 Å². The van der Waals surface area contributed by atoms with Gasteiger partial charge >= 0.3 is 0 Å². The van der Waals surface area contributed by atoms with Crippen molar-refractivity contribution in [2.24, 2.45) is 5.73 Å². The zero-order valence-electron chi connectivity index (χ0n) is 19.2. The van der Waals surface area contributed by atoms with E-state index in [1.54, 1.807) is 0 Å². The van der Waals surface area contributed by atoms with E-state index < -0.39 is 0 Å². The van der Waals surface area contributed by atoms with Crippen molar-refractivity contribution in [3.05, 3.63) is 0 Å². The second kappa shape index (κ2) is 24.0. The van der Waals surface area contributed by atoms with Crippen molar-refractivity contribution in [3.8, 4) is 0 Å². The lowest BCUT2D eigenvalue weighted by molar-refractivity contribution is 0.517. The zero-order valence-corrected chi connectivity index (χ0v) is 19.2. The second-order valence-corrected chi connectivity index (χ2v) is 8.90. The molecule has 0 saturated heterocycles. The van der Waals surface area contributed by atoms with Gasteiger partial charge in [0.15, 0.2) is 0 Å². The molecule has 0 fully saturated rings. The van der Waals surface area contributed by atoms with Gasteiger partial charge in [0, 0.05) is 12.6 Å². The van der Waals surface area contributed by atoms with Crippen LogP contribution < -0.4 is 11.1 Å². The Balaban J connectivity index is 2.97. The summed E-state index contributed by atoms with van der Waals surface area (Å²) in [7, 11) is 0. The highest BCUT2D eigenvalue weighted by Gasteiger charge is 1.96. The van der Waals surface area contributed by atoms with Crippen LogP contribution in [0.2, 0.25) is 0 Å². The van der Waals surface area contributed by atoms with E-state index in [0.29, 0.717) is 0 Å². The predicted molar refractivity (Wildman–Crippen MR) is 125 cm³/mol. The van der Waals surface area contributed by atoms with Crippen LogP contribution >= 0.6 is 0 Å². The summed E-state index contributed by atoms with van der Waals surface area (Å²) in [6.45, 7) is 6.45. The molecule has 0 aromatic carbocycles. The highest BCUT2D eigenvalue weighted by Crippen LogP contribution is 2.14. The Hall–Kier alpha value is -0.0800. The molecular formula is C25H54N2. The molecule has 0 aromatic rings. The van der Waals surface area contributed by atoms with E-state index in [-0.39, 0.29) is 6.04 Å². The summed E-state index contributed by atoms with van der Waals surface area (Å²) >= 11 is 0. The molecule has 0 radical (unpaired) electrons. The summed E-state index contributed by atoms with van der Waals surface area (Å²) < 4.78 is 0. The Kier molecular flexibility index (Phi) is 23.9. The monoisotopic (exact) mass is 382 g/mol. The molecular weight excluding hydrogens is 328 g/mol. The fourth-order valence-electron chi connectivity index (χ4n) is 3.83. The van der Waals surface area contributed by atoms with Gasteiger partial charge in [-0.25, -0.2) is 0 Å².